The number of benzene rings is 1. The third-order valence-electron chi connectivity index (χ3n) is 2.56. The third kappa shape index (κ3) is 3.11. The van der Waals surface area contributed by atoms with E-state index in [2.05, 4.69) is 36.2 Å². The Bertz CT molecular complexity index is 599. The Hall–Kier alpha value is -1.89. The summed E-state index contributed by atoms with van der Waals surface area (Å²) >= 11 is 3.49. The molecule has 0 fully saturated rings. The van der Waals surface area contributed by atoms with Crippen molar-refractivity contribution in [2.75, 3.05) is 30.0 Å². The largest absolute Gasteiger partial charge is 0.368 e. The van der Waals surface area contributed by atoms with E-state index in [1.807, 2.05) is 39.2 Å². The number of rotatable bonds is 3. The SMILES string of the molecule is Cc1c(Br)cccc1Nc1nc(N)nc(N(C)C)n1. The van der Waals surface area contributed by atoms with E-state index in [-0.39, 0.29) is 5.95 Å². The Morgan fingerprint density at radius 1 is 1.21 bits per heavy atom. The van der Waals surface area contributed by atoms with Crippen LogP contribution in [0.2, 0.25) is 0 Å². The van der Waals surface area contributed by atoms with Crippen LogP contribution in [-0.2, 0) is 0 Å². The smallest absolute Gasteiger partial charge is 0.233 e. The van der Waals surface area contributed by atoms with Crippen LogP contribution in [0.25, 0.3) is 0 Å². The summed E-state index contributed by atoms with van der Waals surface area (Å²) in [6.07, 6.45) is 0. The fraction of sp³-hybridized carbons (Fsp3) is 0.250. The molecular formula is C12H15BrN6. The Morgan fingerprint density at radius 2 is 1.95 bits per heavy atom. The first-order valence-electron chi connectivity index (χ1n) is 5.68. The van der Waals surface area contributed by atoms with E-state index < -0.39 is 0 Å². The van der Waals surface area contributed by atoms with Crippen molar-refractivity contribution in [3.63, 3.8) is 0 Å². The molecule has 7 heteroatoms. The van der Waals surface area contributed by atoms with E-state index in [4.69, 9.17) is 5.73 Å². The highest BCUT2D eigenvalue weighted by Crippen LogP contribution is 2.25. The summed E-state index contributed by atoms with van der Waals surface area (Å²) in [7, 11) is 3.70. The summed E-state index contributed by atoms with van der Waals surface area (Å²) in [5.41, 5.74) is 7.68. The molecule has 2 aromatic rings. The minimum atomic E-state index is 0.189. The quantitative estimate of drug-likeness (QED) is 0.902. The molecule has 2 rings (SSSR count). The Labute approximate surface area is 120 Å². The van der Waals surface area contributed by atoms with E-state index >= 15 is 0 Å². The van der Waals surface area contributed by atoms with Gasteiger partial charge in [-0.15, -0.1) is 0 Å². The minimum absolute atomic E-state index is 0.189. The lowest BCUT2D eigenvalue weighted by Crippen LogP contribution is -2.15. The van der Waals surface area contributed by atoms with Gasteiger partial charge in [0.15, 0.2) is 0 Å². The van der Waals surface area contributed by atoms with Crippen LogP contribution in [0.15, 0.2) is 22.7 Å². The third-order valence-corrected chi connectivity index (χ3v) is 3.41. The molecule has 0 atom stereocenters. The molecule has 0 unspecified atom stereocenters. The van der Waals surface area contributed by atoms with E-state index in [9.17, 15) is 0 Å². The Morgan fingerprint density at radius 3 is 2.63 bits per heavy atom. The topological polar surface area (TPSA) is 80.0 Å². The van der Waals surface area contributed by atoms with Crippen molar-refractivity contribution >= 4 is 39.5 Å². The first-order chi connectivity index (χ1) is 8.97. The summed E-state index contributed by atoms with van der Waals surface area (Å²) in [6, 6.07) is 5.87. The van der Waals surface area contributed by atoms with Crippen LogP contribution >= 0.6 is 15.9 Å². The van der Waals surface area contributed by atoms with Crippen LogP contribution in [0.1, 0.15) is 5.56 Å². The van der Waals surface area contributed by atoms with Gasteiger partial charge in [0, 0.05) is 24.3 Å². The standard InChI is InChI=1S/C12H15BrN6/c1-7-8(13)5-4-6-9(7)15-11-16-10(14)17-12(18-11)19(2)3/h4-6H,1-3H3,(H3,14,15,16,17,18). The summed E-state index contributed by atoms with van der Waals surface area (Å²) in [5, 5.41) is 3.15. The van der Waals surface area contributed by atoms with Gasteiger partial charge >= 0.3 is 0 Å². The maximum atomic E-state index is 5.68. The molecule has 1 heterocycles. The van der Waals surface area contributed by atoms with Crippen molar-refractivity contribution in [1.82, 2.24) is 15.0 Å². The van der Waals surface area contributed by atoms with E-state index in [1.54, 1.807) is 4.90 Å². The number of nitrogens with two attached hydrogens (primary N) is 1. The number of nitrogens with zero attached hydrogens (tertiary/aromatic N) is 4. The summed E-state index contributed by atoms with van der Waals surface area (Å²) < 4.78 is 1.02. The lowest BCUT2D eigenvalue weighted by molar-refractivity contribution is 0.969. The second-order valence-electron chi connectivity index (χ2n) is 4.25. The molecule has 1 aromatic carbocycles. The first kappa shape index (κ1) is 13.5. The number of nitrogens with one attached hydrogen (secondary N) is 1. The number of nitrogen functional groups attached to an aromatic ring is 1. The van der Waals surface area contributed by atoms with Crippen molar-refractivity contribution in [3.05, 3.63) is 28.2 Å². The predicted octanol–water partition coefficient (Wildman–Crippen LogP) is 2.33. The summed E-state index contributed by atoms with van der Waals surface area (Å²) in [4.78, 5) is 14.2. The highest BCUT2D eigenvalue weighted by molar-refractivity contribution is 9.10. The molecule has 1 aromatic heterocycles. The molecule has 0 saturated heterocycles. The van der Waals surface area contributed by atoms with Crippen LogP contribution in [-0.4, -0.2) is 29.0 Å². The zero-order chi connectivity index (χ0) is 14.0. The molecule has 0 radical (unpaired) electrons. The van der Waals surface area contributed by atoms with Gasteiger partial charge in [-0.1, -0.05) is 22.0 Å². The van der Waals surface area contributed by atoms with Crippen molar-refractivity contribution in [2.45, 2.75) is 6.92 Å². The van der Waals surface area contributed by atoms with Gasteiger partial charge in [0.1, 0.15) is 0 Å². The number of anilines is 4. The van der Waals surface area contributed by atoms with Gasteiger partial charge in [-0.2, -0.15) is 15.0 Å². The molecule has 100 valence electrons. The van der Waals surface area contributed by atoms with Gasteiger partial charge in [-0.05, 0) is 24.6 Å². The highest BCUT2D eigenvalue weighted by Gasteiger charge is 2.08. The normalized spacial score (nSPS) is 10.3. The molecule has 0 saturated carbocycles. The van der Waals surface area contributed by atoms with Crippen LogP contribution in [0, 0.1) is 6.92 Å². The number of hydrogen-bond acceptors (Lipinski definition) is 6. The van der Waals surface area contributed by atoms with Crippen LogP contribution in [0.3, 0.4) is 0 Å². The van der Waals surface area contributed by atoms with Gasteiger partial charge in [-0.25, -0.2) is 0 Å². The van der Waals surface area contributed by atoms with Crippen molar-refractivity contribution in [1.29, 1.82) is 0 Å². The van der Waals surface area contributed by atoms with Gasteiger partial charge in [0.25, 0.3) is 0 Å². The molecule has 6 nitrogen and oxygen atoms in total. The monoisotopic (exact) mass is 322 g/mol. The molecule has 0 bridgehead atoms. The molecular weight excluding hydrogens is 308 g/mol. The van der Waals surface area contributed by atoms with E-state index in [0.29, 0.717) is 11.9 Å². The molecule has 0 aliphatic heterocycles. The molecule has 0 spiro atoms. The van der Waals surface area contributed by atoms with E-state index in [1.165, 1.54) is 0 Å². The Balaban J connectivity index is 2.35. The minimum Gasteiger partial charge on any atom is -0.368 e. The summed E-state index contributed by atoms with van der Waals surface area (Å²) in [5.74, 6) is 1.13. The summed E-state index contributed by atoms with van der Waals surface area (Å²) in [6.45, 7) is 2.00. The van der Waals surface area contributed by atoms with Gasteiger partial charge in [-0.3, -0.25) is 0 Å². The number of halogens is 1. The first-order valence-corrected chi connectivity index (χ1v) is 6.47. The lowest BCUT2D eigenvalue weighted by Gasteiger charge is -2.13. The van der Waals surface area contributed by atoms with Gasteiger partial charge in [0.2, 0.25) is 17.8 Å². The fourth-order valence-electron chi connectivity index (χ4n) is 1.50. The van der Waals surface area contributed by atoms with Gasteiger partial charge < -0.3 is 16.0 Å². The highest BCUT2D eigenvalue weighted by atomic mass is 79.9. The molecule has 3 N–H and O–H groups in total. The molecule has 0 amide bonds. The van der Waals surface area contributed by atoms with Crippen LogP contribution in [0.4, 0.5) is 23.5 Å². The fourth-order valence-corrected chi connectivity index (χ4v) is 1.87. The molecule has 0 aliphatic rings. The van der Waals surface area contributed by atoms with Gasteiger partial charge in [0.05, 0.1) is 0 Å². The average molecular weight is 323 g/mol. The van der Waals surface area contributed by atoms with Crippen molar-refractivity contribution in [3.8, 4) is 0 Å². The molecule has 0 aliphatic carbocycles. The second kappa shape index (κ2) is 5.40. The van der Waals surface area contributed by atoms with Crippen LogP contribution in [0.5, 0.6) is 0 Å². The van der Waals surface area contributed by atoms with Crippen molar-refractivity contribution < 1.29 is 0 Å². The maximum absolute atomic E-state index is 5.68. The van der Waals surface area contributed by atoms with E-state index in [0.717, 1.165) is 15.7 Å². The number of aromatic nitrogens is 3. The Kier molecular flexibility index (Phi) is 3.84. The van der Waals surface area contributed by atoms with Crippen LogP contribution < -0.4 is 16.0 Å². The van der Waals surface area contributed by atoms with Crippen molar-refractivity contribution in [2.24, 2.45) is 0 Å². The number of hydrogen-bond donors (Lipinski definition) is 2. The zero-order valence-corrected chi connectivity index (χ0v) is 12.6. The maximum Gasteiger partial charge on any atom is 0.233 e. The lowest BCUT2D eigenvalue weighted by atomic mass is 10.2. The predicted molar refractivity (Wildman–Crippen MR) is 80.7 cm³/mol. The second-order valence-corrected chi connectivity index (χ2v) is 5.10. The molecule has 19 heavy (non-hydrogen) atoms. The zero-order valence-electron chi connectivity index (χ0n) is 11.0. The average Bonchev–Trinajstić information content (AvgIpc) is 2.34.